The lowest BCUT2D eigenvalue weighted by Crippen LogP contribution is -2.45. The van der Waals surface area contributed by atoms with E-state index < -0.39 is 4.92 Å². The van der Waals surface area contributed by atoms with Crippen LogP contribution in [0.3, 0.4) is 0 Å². The Hall–Kier alpha value is -3.91. The van der Waals surface area contributed by atoms with E-state index in [0.29, 0.717) is 17.0 Å². The standard InChI is InChI=1S/C26H28N4O4/c1-20-17-24(11-12-25(20)30(32)33)34-19-26(31)27-22-7-9-23(10-8-22)29-15-13-28(14-16-29)18-21-5-3-2-4-6-21/h2-12,17H,13-16,18-19H2,1H3,(H,27,31). The normalized spacial score (nSPS) is 14.0. The minimum atomic E-state index is -0.444. The number of rotatable bonds is 8. The van der Waals surface area contributed by atoms with Gasteiger partial charge in [0.2, 0.25) is 0 Å². The number of hydrogen-bond acceptors (Lipinski definition) is 6. The highest BCUT2D eigenvalue weighted by Gasteiger charge is 2.17. The first-order valence-electron chi connectivity index (χ1n) is 11.3. The third-order valence-electron chi connectivity index (χ3n) is 5.87. The molecule has 0 saturated carbocycles. The second-order valence-corrected chi connectivity index (χ2v) is 8.34. The number of nitro groups is 1. The number of carbonyl (C=O) groups excluding carboxylic acids is 1. The monoisotopic (exact) mass is 460 g/mol. The van der Waals surface area contributed by atoms with E-state index in [1.165, 1.54) is 17.7 Å². The van der Waals surface area contributed by atoms with E-state index in [1.54, 1.807) is 13.0 Å². The molecule has 0 radical (unpaired) electrons. The number of hydrogen-bond donors (Lipinski definition) is 1. The summed E-state index contributed by atoms with van der Waals surface area (Å²) in [6, 6.07) is 22.8. The molecule has 4 rings (SSSR count). The molecule has 34 heavy (non-hydrogen) atoms. The van der Waals surface area contributed by atoms with Crippen LogP contribution in [0.15, 0.2) is 72.8 Å². The van der Waals surface area contributed by atoms with Gasteiger partial charge in [0.25, 0.3) is 11.6 Å². The molecule has 1 heterocycles. The lowest BCUT2D eigenvalue weighted by molar-refractivity contribution is -0.385. The number of piperazine rings is 1. The Kier molecular flexibility index (Phi) is 7.39. The molecule has 8 nitrogen and oxygen atoms in total. The summed E-state index contributed by atoms with van der Waals surface area (Å²) >= 11 is 0. The molecule has 8 heteroatoms. The van der Waals surface area contributed by atoms with Crippen LogP contribution in [0, 0.1) is 17.0 Å². The van der Waals surface area contributed by atoms with Crippen molar-refractivity contribution in [2.24, 2.45) is 0 Å². The van der Waals surface area contributed by atoms with Gasteiger partial charge >= 0.3 is 0 Å². The van der Waals surface area contributed by atoms with Gasteiger partial charge in [0, 0.05) is 55.7 Å². The zero-order chi connectivity index (χ0) is 23.9. The maximum absolute atomic E-state index is 12.3. The Labute approximate surface area is 198 Å². The van der Waals surface area contributed by atoms with E-state index in [4.69, 9.17) is 4.74 Å². The summed E-state index contributed by atoms with van der Waals surface area (Å²) in [6.07, 6.45) is 0. The van der Waals surface area contributed by atoms with Crippen molar-refractivity contribution in [1.82, 2.24) is 4.90 Å². The van der Waals surface area contributed by atoms with Gasteiger partial charge in [-0.1, -0.05) is 30.3 Å². The summed E-state index contributed by atoms with van der Waals surface area (Å²) in [5.74, 6) is 0.123. The van der Waals surface area contributed by atoms with Crippen LogP contribution in [0.2, 0.25) is 0 Å². The summed E-state index contributed by atoms with van der Waals surface area (Å²) in [4.78, 5) is 27.5. The molecule has 0 atom stereocenters. The van der Waals surface area contributed by atoms with Gasteiger partial charge in [0.1, 0.15) is 5.75 Å². The molecule has 3 aromatic rings. The van der Waals surface area contributed by atoms with Crippen LogP contribution < -0.4 is 15.0 Å². The lowest BCUT2D eigenvalue weighted by Gasteiger charge is -2.36. The molecular weight excluding hydrogens is 432 g/mol. The van der Waals surface area contributed by atoms with Crippen LogP contribution in [0.1, 0.15) is 11.1 Å². The quantitative estimate of drug-likeness (QED) is 0.400. The molecule has 0 unspecified atom stereocenters. The maximum atomic E-state index is 12.3. The van der Waals surface area contributed by atoms with Gasteiger partial charge in [-0.2, -0.15) is 0 Å². The van der Waals surface area contributed by atoms with Crippen LogP contribution in [-0.2, 0) is 11.3 Å². The number of nitrogens with zero attached hydrogens (tertiary/aromatic N) is 3. The number of benzene rings is 3. The summed E-state index contributed by atoms with van der Waals surface area (Å²) in [6.45, 7) is 6.36. The minimum absolute atomic E-state index is 0.0227. The summed E-state index contributed by atoms with van der Waals surface area (Å²) in [5, 5.41) is 13.7. The predicted octanol–water partition coefficient (Wildman–Crippen LogP) is 4.24. The fourth-order valence-corrected chi connectivity index (χ4v) is 4.03. The Morgan fingerprint density at radius 2 is 1.71 bits per heavy atom. The number of nitro benzene ring substituents is 1. The zero-order valence-corrected chi connectivity index (χ0v) is 19.1. The number of nitrogens with one attached hydrogen (secondary N) is 1. The van der Waals surface area contributed by atoms with Gasteiger partial charge in [-0.05, 0) is 48.9 Å². The van der Waals surface area contributed by atoms with Crippen molar-refractivity contribution >= 4 is 23.0 Å². The number of amides is 1. The molecule has 0 aliphatic carbocycles. The third kappa shape index (κ3) is 6.11. The van der Waals surface area contributed by atoms with Crippen LogP contribution in [-0.4, -0.2) is 48.5 Å². The minimum Gasteiger partial charge on any atom is -0.484 e. The van der Waals surface area contributed by atoms with Crippen molar-refractivity contribution in [3.63, 3.8) is 0 Å². The highest BCUT2D eigenvalue weighted by molar-refractivity contribution is 5.92. The van der Waals surface area contributed by atoms with Crippen molar-refractivity contribution in [2.45, 2.75) is 13.5 Å². The molecule has 3 aromatic carbocycles. The fourth-order valence-electron chi connectivity index (χ4n) is 4.03. The summed E-state index contributed by atoms with van der Waals surface area (Å²) in [5.41, 5.74) is 3.67. The Morgan fingerprint density at radius 1 is 1.00 bits per heavy atom. The smallest absolute Gasteiger partial charge is 0.272 e. The van der Waals surface area contributed by atoms with Crippen LogP contribution in [0.5, 0.6) is 5.75 Å². The summed E-state index contributed by atoms with van der Waals surface area (Å²) < 4.78 is 5.48. The summed E-state index contributed by atoms with van der Waals surface area (Å²) in [7, 11) is 0. The lowest BCUT2D eigenvalue weighted by atomic mass is 10.2. The van der Waals surface area contributed by atoms with Crippen molar-refractivity contribution in [1.29, 1.82) is 0 Å². The van der Waals surface area contributed by atoms with Crippen LogP contribution >= 0.6 is 0 Å². The van der Waals surface area contributed by atoms with Gasteiger partial charge in [0.05, 0.1) is 4.92 Å². The predicted molar refractivity (Wildman–Crippen MR) is 132 cm³/mol. The Balaban J connectivity index is 1.23. The molecule has 1 fully saturated rings. The number of aryl methyl sites for hydroxylation is 1. The van der Waals surface area contributed by atoms with Crippen molar-refractivity contribution in [3.05, 3.63) is 94.0 Å². The van der Waals surface area contributed by atoms with Gasteiger partial charge in [-0.3, -0.25) is 19.8 Å². The Morgan fingerprint density at radius 3 is 2.35 bits per heavy atom. The van der Waals surface area contributed by atoms with Gasteiger partial charge in [-0.25, -0.2) is 0 Å². The van der Waals surface area contributed by atoms with E-state index in [0.717, 1.165) is 38.4 Å². The number of carbonyl (C=O) groups is 1. The molecule has 1 aliphatic heterocycles. The zero-order valence-electron chi connectivity index (χ0n) is 19.1. The highest BCUT2D eigenvalue weighted by atomic mass is 16.6. The second-order valence-electron chi connectivity index (χ2n) is 8.34. The molecule has 1 amide bonds. The van der Waals surface area contributed by atoms with E-state index in [9.17, 15) is 14.9 Å². The maximum Gasteiger partial charge on any atom is 0.272 e. The van der Waals surface area contributed by atoms with Crippen LogP contribution in [0.25, 0.3) is 0 Å². The molecular formula is C26H28N4O4. The molecule has 176 valence electrons. The fraction of sp³-hybridized carbons (Fsp3) is 0.269. The molecule has 0 spiro atoms. The second kappa shape index (κ2) is 10.8. The first-order chi connectivity index (χ1) is 16.5. The Bertz CT molecular complexity index is 1130. The van der Waals surface area contributed by atoms with E-state index in [-0.39, 0.29) is 18.2 Å². The molecule has 0 bridgehead atoms. The largest absolute Gasteiger partial charge is 0.484 e. The van der Waals surface area contributed by atoms with Gasteiger partial charge in [-0.15, -0.1) is 0 Å². The molecule has 0 aromatic heterocycles. The number of anilines is 2. The molecule has 1 aliphatic rings. The third-order valence-corrected chi connectivity index (χ3v) is 5.87. The van der Waals surface area contributed by atoms with E-state index in [1.807, 2.05) is 30.3 Å². The van der Waals surface area contributed by atoms with Gasteiger partial charge in [0.15, 0.2) is 6.61 Å². The topological polar surface area (TPSA) is 88.0 Å². The van der Waals surface area contributed by atoms with E-state index >= 15 is 0 Å². The SMILES string of the molecule is Cc1cc(OCC(=O)Nc2ccc(N3CCN(Cc4ccccc4)CC3)cc2)ccc1[N+](=O)[O-]. The van der Waals surface area contributed by atoms with Crippen molar-refractivity contribution in [2.75, 3.05) is 43.0 Å². The molecule has 1 saturated heterocycles. The van der Waals surface area contributed by atoms with E-state index in [2.05, 4.69) is 39.4 Å². The average Bonchev–Trinajstić information content (AvgIpc) is 2.84. The van der Waals surface area contributed by atoms with Crippen molar-refractivity contribution in [3.8, 4) is 5.75 Å². The van der Waals surface area contributed by atoms with Crippen LogP contribution in [0.4, 0.5) is 17.1 Å². The van der Waals surface area contributed by atoms with Crippen molar-refractivity contribution < 1.29 is 14.5 Å². The highest BCUT2D eigenvalue weighted by Crippen LogP contribution is 2.23. The first kappa shape index (κ1) is 23.3. The van der Waals surface area contributed by atoms with Gasteiger partial charge < -0.3 is 15.0 Å². The first-order valence-corrected chi connectivity index (χ1v) is 11.3. The molecule has 1 N–H and O–H groups in total. The number of ether oxygens (including phenoxy) is 1. The average molecular weight is 461 g/mol.